The van der Waals surface area contributed by atoms with Gasteiger partial charge in [-0.1, -0.05) is 24.3 Å². The SMILES string of the molecule is COCCOC(=O)Nc1cccc2c(S(=O)(=O)Nc3ccc(NC(=O)C(C)(C)CO)cc3)cccc12. The second kappa shape index (κ2) is 11.4. The smallest absolute Gasteiger partial charge is 0.411 e. The number of carbonyl (C=O) groups excluding carboxylic acids is 2. The lowest BCUT2D eigenvalue weighted by molar-refractivity contribution is -0.125. The third-order valence-electron chi connectivity index (χ3n) is 5.33. The summed E-state index contributed by atoms with van der Waals surface area (Å²) in [4.78, 5) is 24.3. The largest absolute Gasteiger partial charge is 0.447 e. The van der Waals surface area contributed by atoms with Crippen molar-refractivity contribution in [3.05, 3.63) is 60.7 Å². The first-order valence-corrected chi connectivity index (χ1v) is 12.6. The van der Waals surface area contributed by atoms with E-state index >= 15 is 0 Å². The summed E-state index contributed by atoms with van der Waals surface area (Å²) < 4.78 is 38.9. The number of ether oxygens (including phenoxy) is 2. The molecule has 0 saturated carbocycles. The van der Waals surface area contributed by atoms with Crippen LogP contribution in [0.15, 0.2) is 65.6 Å². The number of amides is 2. The first-order chi connectivity index (χ1) is 17.1. The molecule has 192 valence electrons. The molecule has 0 spiro atoms. The molecule has 0 bridgehead atoms. The van der Waals surface area contributed by atoms with Crippen LogP contribution in [-0.2, 0) is 24.3 Å². The van der Waals surface area contributed by atoms with Gasteiger partial charge < -0.3 is 19.9 Å². The van der Waals surface area contributed by atoms with Gasteiger partial charge >= 0.3 is 6.09 Å². The number of hydrogen-bond donors (Lipinski definition) is 4. The van der Waals surface area contributed by atoms with Gasteiger partial charge in [-0.25, -0.2) is 13.2 Å². The number of benzene rings is 3. The maximum atomic E-state index is 13.2. The number of fused-ring (bicyclic) bond motifs is 1. The standard InChI is InChI=1S/C25H29N3O7S/c1-25(2,16-29)23(30)26-17-10-12-18(13-11-17)28-36(32,33)22-9-5-6-19-20(22)7-4-8-21(19)27-24(31)35-15-14-34-3/h4-13,28-29H,14-16H2,1-3H3,(H,26,30)(H,27,31). The van der Waals surface area contributed by atoms with Crippen LogP contribution in [0.2, 0.25) is 0 Å². The number of aliphatic hydroxyl groups is 1. The van der Waals surface area contributed by atoms with E-state index in [4.69, 9.17) is 9.47 Å². The van der Waals surface area contributed by atoms with Gasteiger partial charge in [0.25, 0.3) is 10.0 Å². The van der Waals surface area contributed by atoms with Gasteiger partial charge in [0, 0.05) is 29.3 Å². The van der Waals surface area contributed by atoms with Gasteiger partial charge in [-0.3, -0.25) is 14.8 Å². The van der Waals surface area contributed by atoms with Crippen molar-refractivity contribution in [2.24, 2.45) is 5.41 Å². The highest BCUT2D eigenvalue weighted by atomic mass is 32.2. The highest BCUT2D eigenvalue weighted by molar-refractivity contribution is 7.93. The molecule has 0 atom stereocenters. The van der Waals surface area contributed by atoms with Gasteiger partial charge in [0.1, 0.15) is 6.61 Å². The molecule has 36 heavy (non-hydrogen) atoms. The number of aliphatic hydroxyl groups excluding tert-OH is 1. The van der Waals surface area contributed by atoms with Crippen LogP contribution in [0.4, 0.5) is 21.9 Å². The summed E-state index contributed by atoms with van der Waals surface area (Å²) in [6.45, 7) is 3.25. The number of methoxy groups -OCH3 is 1. The van der Waals surface area contributed by atoms with E-state index in [1.54, 1.807) is 56.3 Å². The third-order valence-corrected chi connectivity index (χ3v) is 6.77. The van der Waals surface area contributed by atoms with E-state index in [0.717, 1.165) is 0 Å². The van der Waals surface area contributed by atoms with Gasteiger partial charge in [0.15, 0.2) is 0 Å². The van der Waals surface area contributed by atoms with Crippen molar-refractivity contribution < 1.29 is 32.6 Å². The summed E-state index contributed by atoms with van der Waals surface area (Å²) in [7, 11) is -2.50. The van der Waals surface area contributed by atoms with Crippen molar-refractivity contribution in [2.45, 2.75) is 18.7 Å². The maximum Gasteiger partial charge on any atom is 0.411 e. The van der Waals surface area contributed by atoms with Crippen molar-refractivity contribution in [1.82, 2.24) is 0 Å². The topological polar surface area (TPSA) is 143 Å². The van der Waals surface area contributed by atoms with E-state index in [-0.39, 0.29) is 30.6 Å². The lowest BCUT2D eigenvalue weighted by Crippen LogP contribution is -2.33. The van der Waals surface area contributed by atoms with Crippen molar-refractivity contribution in [3.8, 4) is 0 Å². The minimum absolute atomic E-state index is 0.0264. The first-order valence-electron chi connectivity index (χ1n) is 11.1. The van der Waals surface area contributed by atoms with E-state index in [1.165, 1.54) is 25.3 Å². The van der Waals surface area contributed by atoms with E-state index in [9.17, 15) is 23.1 Å². The van der Waals surface area contributed by atoms with Crippen molar-refractivity contribution >= 4 is 49.9 Å². The fraction of sp³-hybridized carbons (Fsp3) is 0.280. The molecule has 0 aromatic heterocycles. The molecular formula is C25H29N3O7S. The lowest BCUT2D eigenvalue weighted by atomic mass is 9.93. The lowest BCUT2D eigenvalue weighted by Gasteiger charge is -2.20. The van der Waals surface area contributed by atoms with Crippen LogP contribution in [0.5, 0.6) is 0 Å². The molecule has 3 rings (SSSR count). The predicted molar refractivity (Wildman–Crippen MR) is 138 cm³/mol. The molecule has 0 radical (unpaired) electrons. The second-order valence-corrected chi connectivity index (χ2v) is 10.2. The Morgan fingerprint density at radius 3 is 2.19 bits per heavy atom. The average molecular weight is 516 g/mol. The molecule has 0 aliphatic heterocycles. The van der Waals surface area contributed by atoms with Gasteiger partial charge in [-0.15, -0.1) is 0 Å². The normalized spacial score (nSPS) is 11.7. The predicted octanol–water partition coefficient (Wildman–Crippen LogP) is 3.79. The molecule has 0 aliphatic carbocycles. The number of anilines is 3. The Morgan fingerprint density at radius 1 is 0.889 bits per heavy atom. The molecule has 11 heteroatoms. The Bertz CT molecular complexity index is 1340. The average Bonchev–Trinajstić information content (AvgIpc) is 2.85. The van der Waals surface area contributed by atoms with E-state index < -0.39 is 21.5 Å². The fourth-order valence-electron chi connectivity index (χ4n) is 3.19. The molecule has 2 amide bonds. The fourth-order valence-corrected chi connectivity index (χ4v) is 4.47. The van der Waals surface area contributed by atoms with Crippen LogP contribution >= 0.6 is 0 Å². The summed E-state index contributed by atoms with van der Waals surface area (Å²) in [5, 5.41) is 15.6. The van der Waals surface area contributed by atoms with Crippen LogP contribution < -0.4 is 15.4 Å². The summed E-state index contributed by atoms with van der Waals surface area (Å²) in [5.41, 5.74) is 0.200. The summed E-state index contributed by atoms with van der Waals surface area (Å²) >= 11 is 0. The first kappa shape index (κ1) is 26.9. The van der Waals surface area contributed by atoms with Crippen LogP contribution in [0, 0.1) is 5.41 Å². The van der Waals surface area contributed by atoms with Crippen molar-refractivity contribution in [3.63, 3.8) is 0 Å². The Hall–Kier alpha value is -3.67. The summed E-state index contributed by atoms with van der Waals surface area (Å²) in [6.07, 6.45) is -0.680. The number of rotatable bonds is 10. The van der Waals surface area contributed by atoms with Crippen LogP contribution in [-0.4, -0.2) is 52.5 Å². The molecule has 0 aliphatic rings. The van der Waals surface area contributed by atoms with Gasteiger partial charge in [-0.05, 0) is 50.2 Å². The molecule has 0 heterocycles. The van der Waals surface area contributed by atoms with Gasteiger partial charge in [0.2, 0.25) is 5.91 Å². The molecule has 4 N–H and O–H groups in total. The number of nitrogens with one attached hydrogen (secondary N) is 3. The molecule has 0 unspecified atom stereocenters. The molecular weight excluding hydrogens is 486 g/mol. The number of carbonyl (C=O) groups is 2. The second-order valence-electron chi connectivity index (χ2n) is 8.59. The summed E-state index contributed by atoms with van der Waals surface area (Å²) in [6, 6.07) is 15.8. The van der Waals surface area contributed by atoms with Crippen LogP contribution in [0.3, 0.4) is 0 Å². The van der Waals surface area contributed by atoms with Crippen molar-refractivity contribution in [2.75, 3.05) is 42.3 Å². The highest BCUT2D eigenvalue weighted by Crippen LogP contribution is 2.30. The Kier molecular flexibility index (Phi) is 8.51. The minimum atomic E-state index is -4.00. The zero-order chi connectivity index (χ0) is 26.3. The number of sulfonamides is 1. The zero-order valence-corrected chi connectivity index (χ0v) is 21.0. The Balaban J connectivity index is 1.80. The minimum Gasteiger partial charge on any atom is -0.447 e. The monoisotopic (exact) mass is 515 g/mol. The highest BCUT2D eigenvalue weighted by Gasteiger charge is 2.26. The number of hydrogen-bond acceptors (Lipinski definition) is 7. The molecule has 0 fully saturated rings. The molecule has 10 nitrogen and oxygen atoms in total. The molecule has 3 aromatic carbocycles. The molecule has 0 saturated heterocycles. The Labute approximate surface area is 209 Å². The van der Waals surface area contributed by atoms with E-state index in [0.29, 0.717) is 27.8 Å². The Morgan fingerprint density at radius 2 is 1.53 bits per heavy atom. The third kappa shape index (κ3) is 6.51. The maximum absolute atomic E-state index is 13.2. The van der Waals surface area contributed by atoms with E-state index in [1.807, 2.05) is 0 Å². The van der Waals surface area contributed by atoms with Crippen LogP contribution in [0.1, 0.15) is 13.8 Å². The van der Waals surface area contributed by atoms with Crippen LogP contribution in [0.25, 0.3) is 10.8 Å². The zero-order valence-electron chi connectivity index (χ0n) is 20.2. The van der Waals surface area contributed by atoms with Crippen molar-refractivity contribution in [1.29, 1.82) is 0 Å². The molecule has 3 aromatic rings. The van der Waals surface area contributed by atoms with E-state index in [2.05, 4.69) is 15.4 Å². The quantitative estimate of drug-likeness (QED) is 0.301. The van der Waals surface area contributed by atoms with Gasteiger partial charge in [0.05, 0.1) is 29.2 Å². The summed E-state index contributed by atoms with van der Waals surface area (Å²) in [5.74, 6) is -0.360. The van der Waals surface area contributed by atoms with Gasteiger partial charge in [-0.2, -0.15) is 0 Å².